The van der Waals surface area contributed by atoms with Gasteiger partial charge in [0.25, 0.3) is 5.56 Å². The predicted octanol–water partition coefficient (Wildman–Crippen LogP) is -0.540. The van der Waals surface area contributed by atoms with Crippen LogP contribution < -0.4 is 11.2 Å². The lowest BCUT2D eigenvalue weighted by Crippen LogP contribution is -2.19. The maximum atomic E-state index is 10.2. The van der Waals surface area contributed by atoms with Crippen molar-refractivity contribution < 1.29 is 0 Å². The fraction of sp³-hybridized carbons (Fsp3) is 0. The minimum absolute atomic E-state index is 0.381. The molecule has 58 valence electrons. The Morgan fingerprint density at radius 1 is 1.55 bits per heavy atom. The molecular formula is C5H5N3O2S. The van der Waals surface area contributed by atoms with E-state index in [4.69, 9.17) is 5.26 Å². The van der Waals surface area contributed by atoms with E-state index in [1.807, 2.05) is 4.98 Å². The minimum atomic E-state index is -0.475. The molecule has 0 saturated heterocycles. The highest BCUT2D eigenvalue weighted by Gasteiger charge is 1.77. The lowest BCUT2D eigenvalue weighted by molar-refractivity contribution is 1.04. The number of aromatic amines is 2. The molecule has 0 aromatic carbocycles. The van der Waals surface area contributed by atoms with Crippen LogP contribution in [-0.2, 0) is 0 Å². The summed E-state index contributed by atoms with van der Waals surface area (Å²) in [6, 6.07) is 1.24. The molecule has 6 heteroatoms. The second kappa shape index (κ2) is 5.32. The van der Waals surface area contributed by atoms with E-state index < -0.39 is 5.69 Å². The number of nitrogens with one attached hydrogen (secondary N) is 2. The van der Waals surface area contributed by atoms with Gasteiger partial charge in [-0.3, -0.25) is 9.78 Å². The monoisotopic (exact) mass is 171 g/mol. The van der Waals surface area contributed by atoms with E-state index in [-0.39, 0.29) is 5.56 Å². The van der Waals surface area contributed by atoms with Crippen molar-refractivity contribution in [1.82, 2.24) is 9.97 Å². The average Bonchev–Trinajstić information content (AvgIpc) is 1.88. The Bertz CT molecular complexity index is 322. The van der Waals surface area contributed by atoms with Crippen molar-refractivity contribution in [3.8, 4) is 5.40 Å². The molecule has 1 aromatic heterocycles. The van der Waals surface area contributed by atoms with Gasteiger partial charge in [-0.1, -0.05) is 12.6 Å². The summed E-state index contributed by atoms with van der Waals surface area (Å²) < 4.78 is 0. The highest BCUT2D eigenvalue weighted by Crippen LogP contribution is 1.51. The lowest BCUT2D eigenvalue weighted by atomic mass is 10.7. The smallest absolute Gasteiger partial charge is 0.314 e. The molecule has 0 bridgehead atoms. The third kappa shape index (κ3) is 4.99. The first-order valence-corrected chi connectivity index (χ1v) is 2.96. The summed E-state index contributed by atoms with van der Waals surface area (Å²) in [6.45, 7) is 0. The Morgan fingerprint density at radius 2 is 2.09 bits per heavy atom. The molecule has 0 aliphatic heterocycles. The number of aromatic nitrogens is 2. The summed E-state index contributed by atoms with van der Waals surface area (Å²) in [5.74, 6) is 0. The van der Waals surface area contributed by atoms with Gasteiger partial charge < -0.3 is 4.98 Å². The van der Waals surface area contributed by atoms with E-state index >= 15 is 0 Å². The Hall–Kier alpha value is -1.48. The number of H-pyrrole nitrogens is 2. The van der Waals surface area contributed by atoms with E-state index in [0.717, 1.165) is 0 Å². The zero-order valence-corrected chi connectivity index (χ0v) is 6.26. The van der Waals surface area contributed by atoms with E-state index in [9.17, 15) is 9.59 Å². The molecule has 5 nitrogen and oxygen atoms in total. The molecule has 0 amide bonds. The van der Waals surface area contributed by atoms with E-state index in [1.54, 1.807) is 0 Å². The summed E-state index contributed by atoms with van der Waals surface area (Å²) in [5, 5.41) is 8.63. The molecular weight excluding hydrogens is 166 g/mol. The van der Waals surface area contributed by atoms with Crippen molar-refractivity contribution in [2.45, 2.75) is 0 Å². The highest BCUT2D eigenvalue weighted by molar-refractivity contribution is 7.85. The Labute approximate surface area is 67.1 Å². The molecule has 1 aromatic rings. The maximum Gasteiger partial charge on any atom is 0.325 e. The summed E-state index contributed by atoms with van der Waals surface area (Å²) in [5.41, 5.74) is -0.855. The largest absolute Gasteiger partial charge is 0.325 e. The first-order valence-electron chi connectivity index (χ1n) is 2.52. The summed E-state index contributed by atoms with van der Waals surface area (Å²) in [6.07, 6.45) is 1.29. The van der Waals surface area contributed by atoms with Crippen molar-refractivity contribution in [2.24, 2.45) is 0 Å². The number of thiocyanates is 1. The second-order valence-corrected chi connectivity index (χ2v) is 1.60. The summed E-state index contributed by atoms with van der Waals surface area (Å²) in [4.78, 5) is 24.7. The van der Waals surface area contributed by atoms with Crippen LogP contribution in [0.5, 0.6) is 0 Å². The van der Waals surface area contributed by atoms with Gasteiger partial charge in [0, 0.05) is 12.3 Å². The van der Waals surface area contributed by atoms with Crippen LogP contribution in [0.25, 0.3) is 0 Å². The molecule has 11 heavy (non-hydrogen) atoms. The molecule has 2 N–H and O–H groups in total. The Morgan fingerprint density at radius 3 is 2.36 bits per heavy atom. The molecule has 0 spiro atoms. The molecule has 1 heterocycles. The van der Waals surface area contributed by atoms with Crippen molar-refractivity contribution in [1.29, 1.82) is 5.26 Å². The van der Waals surface area contributed by atoms with Crippen LogP contribution in [0, 0.1) is 10.7 Å². The van der Waals surface area contributed by atoms with Crippen molar-refractivity contribution in [2.75, 3.05) is 0 Å². The number of rotatable bonds is 0. The second-order valence-electron chi connectivity index (χ2n) is 1.40. The van der Waals surface area contributed by atoms with Gasteiger partial charge in [0.15, 0.2) is 0 Å². The van der Waals surface area contributed by atoms with Gasteiger partial charge in [-0.05, 0) is 0 Å². The number of nitriles is 1. The van der Waals surface area contributed by atoms with E-state index in [2.05, 4.69) is 17.6 Å². The van der Waals surface area contributed by atoms with E-state index in [0.29, 0.717) is 0 Å². The zero-order valence-electron chi connectivity index (χ0n) is 5.37. The summed E-state index contributed by atoms with van der Waals surface area (Å²) in [7, 11) is 0. The average molecular weight is 171 g/mol. The molecule has 0 aliphatic carbocycles. The Kier molecular flexibility index (Phi) is 4.60. The number of nitrogens with zero attached hydrogens (tertiary/aromatic N) is 1. The van der Waals surface area contributed by atoms with Crippen LogP contribution in [0.2, 0.25) is 0 Å². The molecule has 0 radical (unpaired) electrons. The molecule has 0 aliphatic rings. The number of hydrogen-bond acceptors (Lipinski definition) is 4. The fourth-order valence-corrected chi connectivity index (χ4v) is 0.383. The quantitative estimate of drug-likeness (QED) is 0.361. The van der Waals surface area contributed by atoms with Crippen LogP contribution in [-0.4, -0.2) is 9.97 Å². The number of thiol groups is 1. The van der Waals surface area contributed by atoms with Crippen molar-refractivity contribution in [3.05, 3.63) is 33.1 Å². The van der Waals surface area contributed by atoms with Crippen LogP contribution in [0.15, 0.2) is 21.9 Å². The highest BCUT2D eigenvalue weighted by atomic mass is 32.1. The Balaban J connectivity index is 0.000000292. The SMILES string of the molecule is N#CS.O=c1cc[nH]c(=O)[nH]1. The van der Waals surface area contributed by atoms with Gasteiger partial charge in [0.05, 0.1) is 0 Å². The van der Waals surface area contributed by atoms with Gasteiger partial charge in [0.2, 0.25) is 0 Å². The standard InChI is InChI=1S/C4H4N2O2.CHNS/c7-3-1-2-5-4(8)6-3;2-1-3/h1-2H,(H2,5,6,7,8);3H. The van der Waals surface area contributed by atoms with Crippen molar-refractivity contribution >= 4 is 12.6 Å². The van der Waals surface area contributed by atoms with E-state index in [1.165, 1.54) is 17.7 Å². The van der Waals surface area contributed by atoms with Crippen LogP contribution in [0.4, 0.5) is 0 Å². The zero-order chi connectivity index (χ0) is 8.69. The lowest BCUT2D eigenvalue weighted by Gasteiger charge is -1.75. The molecule has 1 rings (SSSR count). The topological polar surface area (TPSA) is 89.5 Å². The van der Waals surface area contributed by atoms with Crippen LogP contribution in [0.3, 0.4) is 0 Å². The molecule has 0 fully saturated rings. The third-order valence-corrected chi connectivity index (χ3v) is 0.686. The molecule has 0 unspecified atom stereocenters. The van der Waals surface area contributed by atoms with Crippen LogP contribution >= 0.6 is 12.6 Å². The first kappa shape index (κ1) is 9.52. The fourth-order valence-electron chi connectivity index (χ4n) is 0.383. The normalized spacial score (nSPS) is 7.27. The first-order chi connectivity index (χ1) is 5.20. The van der Waals surface area contributed by atoms with Crippen LogP contribution in [0.1, 0.15) is 0 Å². The molecule has 0 atom stereocenters. The van der Waals surface area contributed by atoms with Gasteiger partial charge >= 0.3 is 5.69 Å². The van der Waals surface area contributed by atoms with Gasteiger partial charge in [-0.2, -0.15) is 5.26 Å². The predicted molar refractivity (Wildman–Crippen MR) is 42.3 cm³/mol. The molecule has 0 saturated carbocycles. The summed E-state index contributed by atoms with van der Waals surface area (Å²) >= 11 is 3.09. The third-order valence-electron chi connectivity index (χ3n) is 0.686. The van der Waals surface area contributed by atoms with Gasteiger partial charge in [0.1, 0.15) is 5.40 Å². The van der Waals surface area contributed by atoms with Gasteiger partial charge in [-0.25, -0.2) is 4.79 Å². The van der Waals surface area contributed by atoms with Crippen molar-refractivity contribution in [3.63, 3.8) is 0 Å². The van der Waals surface area contributed by atoms with Gasteiger partial charge in [-0.15, -0.1) is 0 Å². The maximum absolute atomic E-state index is 10.2. The minimum Gasteiger partial charge on any atom is -0.314 e. The number of hydrogen-bond donors (Lipinski definition) is 3.